The van der Waals surface area contributed by atoms with Crippen LogP contribution in [0.4, 0.5) is 0 Å². The zero-order chi connectivity index (χ0) is 29.0. The van der Waals surface area contributed by atoms with Gasteiger partial charge in [0.2, 0.25) is 5.91 Å². The summed E-state index contributed by atoms with van der Waals surface area (Å²) < 4.78 is 6.68. The molecule has 0 unspecified atom stereocenters. The van der Waals surface area contributed by atoms with Gasteiger partial charge in [0.1, 0.15) is 17.9 Å². The van der Waals surface area contributed by atoms with Crippen LogP contribution in [-0.4, -0.2) is 56.8 Å². The van der Waals surface area contributed by atoms with Crippen molar-refractivity contribution in [3.8, 4) is 11.8 Å². The van der Waals surface area contributed by atoms with E-state index in [4.69, 9.17) is 4.74 Å². The van der Waals surface area contributed by atoms with Gasteiger partial charge in [-0.15, -0.1) is 0 Å². The van der Waals surface area contributed by atoms with Gasteiger partial charge in [-0.05, 0) is 25.0 Å². The number of rotatable bonds is 20. The van der Waals surface area contributed by atoms with Gasteiger partial charge >= 0.3 is 5.69 Å². The molecule has 0 radical (unpaired) electrons. The molecular formula is C30H49N3O6S. The molecule has 0 saturated carbocycles. The van der Waals surface area contributed by atoms with Gasteiger partial charge in [0.15, 0.2) is 0 Å². The number of ether oxygens (including phenoxy) is 1. The van der Waals surface area contributed by atoms with Crippen molar-refractivity contribution in [1.82, 2.24) is 14.9 Å². The zero-order valence-corrected chi connectivity index (χ0v) is 24.8. The van der Waals surface area contributed by atoms with Crippen LogP contribution in [-0.2, 0) is 9.53 Å². The summed E-state index contributed by atoms with van der Waals surface area (Å²) in [7, 11) is 0. The molecule has 10 heteroatoms. The van der Waals surface area contributed by atoms with Crippen LogP contribution < -0.4 is 16.6 Å². The van der Waals surface area contributed by atoms with Crippen molar-refractivity contribution in [1.29, 1.82) is 0 Å². The van der Waals surface area contributed by atoms with Crippen molar-refractivity contribution in [2.45, 2.75) is 128 Å². The second-order valence-corrected chi connectivity index (χ2v) is 11.1. The first-order chi connectivity index (χ1) is 19.5. The number of carbonyl (C=O) groups excluding carboxylic acids is 1. The Labute approximate surface area is 243 Å². The molecule has 9 nitrogen and oxygen atoms in total. The molecule has 0 bridgehead atoms. The van der Waals surface area contributed by atoms with E-state index in [0.717, 1.165) is 18.6 Å². The minimum Gasteiger partial charge on any atom is -0.394 e. The molecule has 1 fully saturated rings. The monoisotopic (exact) mass is 579 g/mol. The highest BCUT2D eigenvalue weighted by Gasteiger charge is 2.35. The van der Waals surface area contributed by atoms with E-state index in [1.54, 1.807) is 0 Å². The number of unbranched alkanes of at least 4 members (excludes halogenated alkanes) is 13. The first-order valence-corrected chi connectivity index (χ1v) is 15.8. The summed E-state index contributed by atoms with van der Waals surface area (Å²) in [5.74, 6) is 6.76. The molecule has 2 heterocycles. The number of aliphatic hydroxyl groups is 2. The Morgan fingerprint density at radius 2 is 1.60 bits per heavy atom. The lowest BCUT2D eigenvalue weighted by Gasteiger charge is -2.14. The summed E-state index contributed by atoms with van der Waals surface area (Å²) >= 11 is 4.25. The molecule has 1 aliphatic heterocycles. The Morgan fingerprint density at radius 3 is 2.17 bits per heavy atom. The van der Waals surface area contributed by atoms with Gasteiger partial charge < -0.3 is 20.3 Å². The second-order valence-electron chi connectivity index (χ2n) is 10.6. The highest BCUT2D eigenvalue weighted by Crippen LogP contribution is 2.27. The van der Waals surface area contributed by atoms with Crippen molar-refractivity contribution >= 4 is 18.5 Å². The lowest BCUT2D eigenvalue weighted by atomic mass is 10.0. The van der Waals surface area contributed by atoms with Gasteiger partial charge in [0.05, 0.1) is 12.7 Å². The van der Waals surface area contributed by atoms with E-state index in [1.807, 2.05) is 0 Å². The standard InChI is InChI=1S/C30H49N3O6S/c34-23-26-25(35)21-28(39-26)33-22-24(29(37)32-30(33)38)17-13-12-15-19-31-27(36)18-14-10-8-6-4-2-1-3-5-7-9-11-16-20-40/h22,25-26,28,34-35,40H,1-12,14-16,18-21,23H2,(H,31,36)(H,32,37,38)/t25-,26+,28+/m0/s1. The van der Waals surface area contributed by atoms with Gasteiger partial charge in [-0.25, -0.2) is 4.79 Å². The van der Waals surface area contributed by atoms with Crippen LogP contribution in [0.25, 0.3) is 0 Å². The highest BCUT2D eigenvalue weighted by atomic mass is 32.1. The Balaban J connectivity index is 1.51. The summed E-state index contributed by atoms with van der Waals surface area (Å²) in [5.41, 5.74) is -1.14. The lowest BCUT2D eigenvalue weighted by Crippen LogP contribution is -2.33. The van der Waals surface area contributed by atoms with Gasteiger partial charge in [-0.2, -0.15) is 12.6 Å². The van der Waals surface area contributed by atoms with Crippen molar-refractivity contribution < 1.29 is 19.7 Å². The summed E-state index contributed by atoms with van der Waals surface area (Å²) in [6.07, 6.45) is 17.1. The number of thiol groups is 1. The average Bonchev–Trinajstić information content (AvgIpc) is 3.31. The molecule has 1 aliphatic rings. The molecule has 0 spiro atoms. The van der Waals surface area contributed by atoms with Crippen LogP contribution in [0.1, 0.15) is 121 Å². The van der Waals surface area contributed by atoms with E-state index < -0.39 is 29.7 Å². The van der Waals surface area contributed by atoms with Gasteiger partial charge in [-0.1, -0.05) is 82.5 Å². The molecule has 1 saturated heterocycles. The third kappa shape index (κ3) is 13.5. The van der Waals surface area contributed by atoms with Crippen LogP contribution >= 0.6 is 12.6 Å². The molecule has 0 aromatic carbocycles. The molecule has 1 aromatic heterocycles. The molecule has 1 aromatic rings. The lowest BCUT2D eigenvalue weighted by molar-refractivity contribution is -0.121. The number of carbonyl (C=O) groups is 1. The normalized spacial score (nSPS) is 18.4. The van der Waals surface area contributed by atoms with Gasteiger partial charge in [0.25, 0.3) is 5.56 Å². The van der Waals surface area contributed by atoms with Gasteiger partial charge in [-0.3, -0.25) is 19.1 Å². The molecular weight excluding hydrogens is 530 g/mol. The number of amides is 1. The van der Waals surface area contributed by atoms with Crippen molar-refractivity contribution in [2.24, 2.45) is 0 Å². The quantitative estimate of drug-likeness (QED) is 0.0906. The topological polar surface area (TPSA) is 134 Å². The molecule has 2 rings (SSSR count). The highest BCUT2D eigenvalue weighted by molar-refractivity contribution is 7.80. The maximum absolute atomic E-state index is 12.2. The van der Waals surface area contributed by atoms with E-state index in [2.05, 4.69) is 34.8 Å². The maximum Gasteiger partial charge on any atom is 0.330 e. The minimum absolute atomic E-state index is 0.0609. The first-order valence-electron chi connectivity index (χ1n) is 15.1. The summed E-state index contributed by atoms with van der Waals surface area (Å²) in [6.45, 7) is 0.159. The van der Waals surface area contributed by atoms with Gasteiger partial charge in [0, 0.05) is 32.0 Å². The van der Waals surface area contributed by atoms with Crippen LogP contribution in [0, 0.1) is 11.8 Å². The molecule has 4 N–H and O–H groups in total. The molecule has 3 atom stereocenters. The predicted octanol–water partition coefficient (Wildman–Crippen LogP) is 3.82. The third-order valence-corrected chi connectivity index (χ3v) is 7.56. The Hall–Kier alpha value is -2.06. The minimum atomic E-state index is -0.897. The Bertz CT molecular complexity index is 1030. The molecule has 226 valence electrons. The summed E-state index contributed by atoms with van der Waals surface area (Å²) in [6, 6.07) is 0. The number of nitrogens with one attached hydrogen (secondary N) is 2. The Morgan fingerprint density at radius 1 is 1.00 bits per heavy atom. The maximum atomic E-state index is 12.2. The van der Waals surface area contributed by atoms with E-state index in [-0.39, 0.29) is 24.5 Å². The number of H-pyrrole nitrogens is 1. The summed E-state index contributed by atoms with van der Waals surface area (Å²) in [5, 5.41) is 22.1. The zero-order valence-electron chi connectivity index (χ0n) is 23.9. The SMILES string of the molecule is O=C(CCCCCCCCCCCCCCCS)NCCCC#Cc1cn([C@H]2C[C@H](O)[C@@H](CO)O2)c(=O)[nH]c1=O. The second kappa shape index (κ2) is 20.8. The summed E-state index contributed by atoms with van der Waals surface area (Å²) in [4.78, 5) is 38.6. The van der Waals surface area contributed by atoms with Crippen LogP contribution in [0.3, 0.4) is 0 Å². The number of nitrogens with zero attached hydrogens (tertiary/aromatic N) is 1. The first kappa shape index (κ1) is 34.1. The largest absolute Gasteiger partial charge is 0.394 e. The predicted molar refractivity (Wildman–Crippen MR) is 161 cm³/mol. The van der Waals surface area contributed by atoms with E-state index in [0.29, 0.717) is 25.8 Å². The fourth-order valence-electron chi connectivity index (χ4n) is 4.83. The number of aromatic nitrogens is 2. The fraction of sp³-hybridized carbons (Fsp3) is 0.767. The Kier molecular flexibility index (Phi) is 17.7. The van der Waals surface area contributed by atoms with E-state index in [9.17, 15) is 24.6 Å². The van der Waals surface area contributed by atoms with Crippen LogP contribution in [0.15, 0.2) is 15.8 Å². The van der Waals surface area contributed by atoms with E-state index >= 15 is 0 Å². The molecule has 0 aliphatic carbocycles. The number of aromatic amines is 1. The van der Waals surface area contributed by atoms with Crippen molar-refractivity contribution in [3.63, 3.8) is 0 Å². The number of aliphatic hydroxyl groups excluding tert-OH is 2. The van der Waals surface area contributed by atoms with Crippen LogP contribution in [0.5, 0.6) is 0 Å². The van der Waals surface area contributed by atoms with Crippen molar-refractivity contribution in [2.75, 3.05) is 18.9 Å². The van der Waals surface area contributed by atoms with E-state index in [1.165, 1.54) is 81.4 Å². The smallest absolute Gasteiger partial charge is 0.330 e. The third-order valence-electron chi connectivity index (χ3n) is 7.25. The average molecular weight is 580 g/mol. The fourth-order valence-corrected chi connectivity index (χ4v) is 5.05. The number of hydrogen-bond donors (Lipinski definition) is 5. The van der Waals surface area contributed by atoms with Crippen LogP contribution in [0.2, 0.25) is 0 Å². The molecule has 40 heavy (non-hydrogen) atoms. The number of hydrogen-bond acceptors (Lipinski definition) is 7. The van der Waals surface area contributed by atoms with Crippen molar-refractivity contribution in [3.05, 3.63) is 32.6 Å². The molecule has 1 amide bonds.